The molecule has 0 saturated carbocycles. The SMILES string of the molecule is CS(=O)(=O)N1CCCC2(Cc3ccccc3CN2S(=O)(=O)c2ccccc2)C1. The Kier molecular flexibility index (Phi) is 4.86. The highest BCUT2D eigenvalue weighted by atomic mass is 32.2. The zero-order chi connectivity index (χ0) is 20.0. The van der Waals surface area contributed by atoms with E-state index < -0.39 is 25.6 Å². The van der Waals surface area contributed by atoms with Gasteiger partial charge in [-0.05, 0) is 42.5 Å². The summed E-state index contributed by atoms with van der Waals surface area (Å²) in [6, 6.07) is 16.2. The van der Waals surface area contributed by atoms with Gasteiger partial charge in [0.1, 0.15) is 0 Å². The van der Waals surface area contributed by atoms with E-state index in [9.17, 15) is 16.8 Å². The van der Waals surface area contributed by atoms with Gasteiger partial charge in [-0.1, -0.05) is 42.5 Å². The van der Waals surface area contributed by atoms with E-state index in [-0.39, 0.29) is 18.0 Å². The zero-order valence-electron chi connectivity index (χ0n) is 15.8. The molecule has 2 aromatic carbocycles. The first kappa shape index (κ1) is 19.6. The second kappa shape index (κ2) is 6.95. The Morgan fingerprint density at radius 1 is 0.893 bits per heavy atom. The number of fused-ring (bicyclic) bond motifs is 1. The van der Waals surface area contributed by atoms with E-state index in [2.05, 4.69) is 0 Å². The van der Waals surface area contributed by atoms with Crippen molar-refractivity contribution in [3.63, 3.8) is 0 Å². The molecule has 6 nitrogen and oxygen atoms in total. The number of hydrogen-bond acceptors (Lipinski definition) is 4. The molecule has 4 rings (SSSR count). The Labute approximate surface area is 166 Å². The Bertz CT molecular complexity index is 1080. The molecule has 1 atom stereocenters. The second-order valence-corrected chi connectivity index (χ2v) is 11.5. The molecule has 0 N–H and O–H groups in total. The molecule has 150 valence electrons. The zero-order valence-corrected chi connectivity index (χ0v) is 17.4. The highest BCUT2D eigenvalue weighted by molar-refractivity contribution is 7.89. The Hall–Kier alpha value is -1.74. The quantitative estimate of drug-likeness (QED) is 0.763. The van der Waals surface area contributed by atoms with Gasteiger partial charge in [-0.15, -0.1) is 0 Å². The van der Waals surface area contributed by atoms with Crippen LogP contribution in [0.4, 0.5) is 0 Å². The van der Waals surface area contributed by atoms with Crippen LogP contribution in [-0.2, 0) is 33.0 Å². The summed E-state index contributed by atoms with van der Waals surface area (Å²) >= 11 is 0. The first-order chi connectivity index (χ1) is 13.2. The first-order valence-electron chi connectivity index (χ1n) is 9.32. The molecule has 2 aromatic rings. The summed E-state index contributed by atoms with van der Waals surface area (Å²) in [7, 11) is -7.17. The minimum Gasteiger partial charge on any atom is -0.213 e. The van der Waals surface area contributed by atoms with Crippen LogP contribution in [0.1, 0.15) is 24.0 Å². The number of benzene rings is 2. The van der Waals surface area contributed by atoms with E-state index in [4.69, 9.17) is 0 Å². The standard InChI is InChI=1S/C20H24N2O4S2/c1-27(23,24)21-13-7-12-20(16-21)14-17-8-5-6-9-18(17)15-22(20)28(25,26)19-10-3-2-4-11-19/h2-6,8-11H,7,12-16H2,1H3. The van der Waals surface area contributed by atoms with Gasteiger partial charge in [0.05, 0.1) is 16.7 Å². The van der Waals surface area contributed by atoms with Crippen molar-refractivity contribution >= 4 is 20.0 Å². The molecule has 8 heteroatoms. The van der Waals surface area contributed by atoms with Gasteiger partial charge in [-0.25, -0.2) is 21.1 Å². The van der Waals surface area contributed by atoms with Crippen molar-refractivity contribution in [3.05, 3.63) is 65.7 Å². The summed E-state index contributed by atoms with van der Waals surface area (Å²) in [5.41, 5.74) is 1.30. The molecule has 1 saturated heterocycles. The summed E-state index contributed by atoms with van der Waals surface area (Å²) in [5, 5.41) is 0. The lowest BCUT2D eigenvalue weighted by molar-refractivity contribution is 0.0884. The lowest BCUT2D eigenvalue weighted by Gasteiger charge is -2.51. The molecule has 2 aliphatic rings. The summed E-state index contributed by atoms with van der Waals surface area (Å²) in [6.45, 7) is 0.874. The van der Waals surface area contributed by atoms with Crippen molar-refractivity contribution in [2.75, 3.05) is 19.3 Å². The lowest BCUT2D eigenvalue weighted by atomic mass is 9.79. The molecule has 0 bridgehead atoms. The number of rotatable bonds is 3. The summed E-state index contributed by atoms with van der Waals surface area (Å²) in [5.74, 6) is 0. The molecule has 0 aromatic heterocycles. The van der Waals surface area contributed by atoms with Crippen LogP contribution in [0.2, 0.25) is 0 Å². The molecule has 0 aliphatic carbocycles. The van der Waals surface area contributed by atoms with Gasteiger partial charge in [0.25, 0.3) is 0 Å². The predicted octanol–water partition coefficient (Wildman–Crippen LogP) is 2.23. The van der Waals surface area contributed by atoms with E-state index in [1.807, 2.05) is 24.3 Å². The van der Waals surface area contributed by atoms with Gasteiger partial charge < -0.3 is 0 Å². The van der Waals surface area contributed by atoms with Gasteiger partial charge in [0.2, 0.25) is 20.0 Å². The Balaban J connectivity index is 1.84. The largest absolute Gasteiger partial charge is 0.243 e. The van der Waals surface area contributed by atoms with E-state index in [0.29, 0.717) is 25.8 Å². The molecular formula is C20H24N2O4S2. The highest BCUT2D eigenvalue weighted by Gasteiger charge is 2.50. The van der Waals surface area contributed by atoms with Gasteiger partial charge in [-0.2, -0.15) is 4.31 Å². The molecule has 0 amide bonds. The van der Waals surface area contributed by atoms with E-state index in [1.54, 1.807) is 34.6 Å². The normalized spacial score (nSPS) is 24.2. The Morgan fingerprint density at radius 2 is 1.54 bits per heavy atom. The van der Waals surface area contributed by atoms with Crippen LogP contribution in [0.5, 0.6) is 0 Å². The van der Waals surface area contributed by atoms with Gasteiger partial charge in [0.15, 0.2) is 0 Å². The molecule has 1 fully saturated rings. The van der Waals surface area contributed by atoms with Gasteiger partial charge >= 0.3 is 0 Å². The molecule has 2 heterocycles. The number of sulfonamides is 2. The number of piperidine rings is 1. The maximum Gasteiger partial charge on any atom is 0.243 e. The van der Waals surface area contributed by atoms with Crippen molar-refractivity contribution in [1.82, 2.24) is 8.61 Å². The van der Waals surface area contributed by atoms with Crippen molar-refractivity contribution in [2.24, 2.45) is 0 Å². The van der Waals surface area contributed by atoms with Gasteiger partial charge in [0, 0.05) is 19.6 Å². The van der Waals surface area contributed by atoms with Crippen LogP contribution in [-0.4, -0.2) is 50.3 Å². The summed E-state index contributed by atoms with van der Waals surface area (Å²) in [4.78, 5) is 0.241. The van der Waals surface area contributed by atoms with E-state index in [1.165, 1.54) is 10.6 Å². The van der Waals surface area contributed by atoms with E-state index >= 15 is 0 Å². The van der Waals surface area contributed by atoms with Crippen LogP contribution in [0.3, 0.4) is 0 Å². The highest BCUT2D eigenvalue weighted by Crippen LogP contribution is 2.41. The molecule has 0 radical (unpaired) electrons. The monoisotopic (exact) mass is 420 g/mol. The van der Waals surface area contributed by atoms with Crippen LogP contribution in [0.15, 0.2) is 59.5 Å². The fourth-order valence-electron chi connectivity index (χ4n) is 4.41. The second-order valence-electron chi connectivity index (χ2n) is 7.69. The fraction of sp³-hybridized carbons (Fsp3) is 0.400. The van der Waals surface area contributed by atoms with Crippen LogP contribution in [0, 0.1) is 0 Å². The van der Waals surface area contributed by atoms with Gasteiger partial charge in [-0.3, -0.25) is 0 Å². The average Bonchev–Trinajstić information content (AvgIpc) is 2.67. The smallest absolute Gasteiger partial charge is 0.213 e. The third-order valence-corrected chi connectivity index (χ3v) is 9.02. The fourth-order valence-corrected chi connectivity index (χ4v) is 7.13. The average molecular weight is 421 g/mol. The minimum absolute atomic E-state index is 0.187. The first-order valence-corrected chi connectivity index (χ1v) is 12.6. The number of hydrogen-bond donors (Lipinski definition) is 0. The summed E-state index contributed by atoms with van der Waals surface area (Å²) < 4.78 is 54.6. The van der Waals surface area contributed by atoms with Crippen LogP contribution in [0.25, 0.3) is 0 Å². The molecular weight excluding hydrogens is 396 g/mol. The minimum atomic E-state index is -3.77. The maximum atomic E-state index is 13.6. The predicted molar refractivity (Wildman–Crippen MR) is 108 cm³/mol. The number of nitrogens with zero attached hydrogens (tertiary/aromatic N) is 2. The third-order valence-electron chi connectivity index (χ3n) is 5.80. The van der Waals surface area contributed by atoms with Crippen molar-refractivity contribution in [2.45, 2.75) is 36.2 Å². The lowest BCUT2D eigenvalue weighted by Crippen LogP contribution is -2.63. The molecule has 28 heavy (non-hydrogen) atoms. The van der Waals surface area contributed by atoms with Crippen LogP contribution < -0.4 is 0 Å². The van der Waals surface area contributed by atoms with Crippen molar-refractivity contribution < 1.29 is 16.8 Å². The molecule has 1 unspecified atom stereocenters. The maximum absolute atomic E-state index is 13.6. The van der Waals surface area contributed by atoms with Crippen LogP contribution >= 0.6 is 0 Å². The third kappa shape index (κ3) is 3.39. The molecule has 2 aliphatic heterocycles. The summed E-state index contributed by atoms with van der Waals surface area (Å²) in [6.07, 6.45) is 2.98. The molecule has 1 spiro atoms. The van der Waals surface area contributed by atoms with Crippen molar-refractivity contribution in [3.8, 4) is 0 Å². The Morgan fingerprint density at radius 3 is 2.21 bits per heavy atom. The topological polar surface area (TPSA) is 74.8 Å². The van der Waals surface area contributed by atoms with E-state index in [0.717, 1.165) is 11.1 Å². The van der Waals surface area contributed by atoms with Crippen molar-refractivity contribution in [1.29, 1.82) is 0 Å².